The standard InChI is InChI=1S/C28H38N4O/c1-19(2)31-15-10-24(11-16-31)32-13-8-21(9-14-32)22-5-6-26-25(17-22)20(3)28(30-26)23-7-12-29-27(18-23)33-4/h5-7,12,17-19,21,24,30H,8-11,13-16H2,1-4H3. The van der Waals surface area contributed by atoms with Crippen LogP contribution in [0.2, 0.25) is 0 Å². The minimum absolute atomic E-state index is 0.646. The zero-order chi connectivity index (χ0) is 22.9. The average molecular weight is 447 g/mol. The van der Waals surface area contributed by atoms with Gasteiger partial charge in [0.05, 0.1) is 7.11 Å². The van der Waals surface area contributed by atoms with E-state index in [1.54, 1.807) is 7.11 Å². The predicted octanol–water partition coefficient (Wildman–Crippen LogP) is 5.60. The van der Waals surface area contributed by atoms with Gasteiger partial charge in [0.25, 0.3) is 0 Å². The number of ether oxygens (including phenoxy) is 1. The second-order valence-corrected chi connectivity index (χ2v) is 10.2. The molecule has 1 aromatic carbocycles. The third-order valence-corrected chi connectivity index (χ3v) is 8.06. The summed E-state index contributed by atoms with van der Waals surface area (Å²) in [6, 6.07) is 12.6. The molecule has 2 aromatic heterocycles. The van der Waals surface area contributed by atoms with E-state index in [4.69, 9.17) is 4.74 Å². The Hall–Kier alpha value is -2.37. The minimum Gasteiger partial charge on any atom is -0.481 e. The van der Waals surface area contributed by atoms with Crippen LogP contribution in [0.1, 0.15) is 56.6 Å². The molecule has 0 atom stereocenters. The molecule has 2 fully saturated rings. The van der Waals surface area contributed by atoms with Crippen LogP contribution in [0, 0.1) is 6.92 Å². The Kier molecular flexibility index (Phi) is 6.44. The first-order valence-corrected chi connectivity index (χ1v) is 12.6. The maximum Gasteiger partial charge on any atom is 0.213 e. The Balaban J connectivity index is 1.28. The topological polar surface area (TPSA) is 44.4 Å². The highest BCUT2D eigenvalue weighted by molar-refractivity contribution is 5.91. The van der Waals surface area contributed by atoms with Crippen molar-refractivity contribution in [2.45, 2.75) is 64.5 Å². The van der Waals surface area contributed by atoms with Crippen molar-refractivity contribution in [1.29, 1.82) is 0 Å². The zero-order valence-corrected chi connectivity index (χ0v) is 20.6. The van der Waals surface area contributed by atoms with Crippen LogP contribution in [-0.2, 0) is 0 Å². The quantitative estimate of drug-likeness (QED) is 0.554. The van der Waals surface area contributed by atoms with E-state index in [-0.39, 0.29) is 0 Å². The summed E-state index contributed by atoms with van der Waals surface area (Å²) in [5.41, 5.74) is 6.28. The molecule has 1 N–H and O–H groups in total. The summed E-state index contributed by atoms with van der Waals surface area (Å²) in [5, 5.41) is 1.33. The summed E-state index contributed by atoms with van der Waals surface area (Å²) < 4.78 is 5.33. The van der Waals surface area contributed by atoms with E-state index in [1.165, 1.54) is 73.9 Å². The van der Waals surface area contributed by atoms with Crippen LogP contribution in [0.15, 0.2) is 36.5 Å². The summed E-state index contributed by atoms with van der Waals surface area (Å²) in [7, 11) is 1.66. The molecule has 4 heterocycles. The molecule has 0 spiro atoms. The number of pyridine rings is 1. The van der Waals surface area contributed by atoms with Gasteiger partial charge in [-0.1, -0.05) is 6.07 Å². The lowest BCUT2D eigenvalue weighted by Crippen LogP contribution is -2.48. The fourth-order valence-corrected chi connectivity index (χ4v) is 5.93. The van der Waals surface area contributed by atoms with Crippen molar-refractivity contribution in [3.63, 3.8) is 0 Å². The van der Waals surface area contributed by atoms with Crippen molar-refractivity contribution in [3.8, 4) is 17.1 Å². The Labute approximate surface area is 198 Å². The van der Waals surface area contributed by atoms with Gasteiger partial charge in [0.15, 0.2) is 0 Å². The number of H-pyrrole nitrogens is 1. The first-order chi connectivity index (χ1) is 16.0. The first-order valence-electron chi connectivity index (χ1n) is 12.6. The normalized spacial score (nSPS) is 19.5. The molecule has 0 saturated carbocycles. The Morgan fingerprint density at radius 3 is 2.45 bits per heavy atom. The number of piperidine rings is 2. The van der Waals surface area contributed by atoms with Crippen molar-refractivity contribution in [2.75, 3.05) is 33.3 Å². The smallest absolute Gasteiger partial charge is 0.213 e. The fraction of sp³-hybridized carbons (Fsp3) is 0.536. The zero-order valence-electron chi connectivity index (χ0n) is 20.6. The van der Waals surface area contributed by atoms with E-state index >= 15 is 0 Å². The van der Waals surface area contributed by atoms with E-state index < -0.39 is 0 Å². The molecule has 0 aliphatic carbocycles. The largest absolute Gasteiger partial charge is 0.481 e. The minimum atomic E-state index is 0.646. The second kappa shape index (κ2) is 9.47. The number of nitrogens with one attached hydrogen (secondary N) is 1. The van der Waals surface area contributed by atoms with E-state index in [9.17, 15) is 0 Å². The summed E-state index contributed by atoms with van der Waals surface area (Å²) in [6.45, 7) is 11.9. The van der Waals surface area contributed by atoms with Gasteiger partial charge in [-0.25, -0.2) is 4.98 Å². The molecule has 0 radical (unpaired) electrons. The average Bonchev–Trinajstić information content (AvgIpc) is 3.20. The summed E-state index contributed by atoms with van der Waals surface area (Å²) >= 11 is 0. The third kappa shape index (κ3) is 4.53. The highest BCUT2D eigenvalue weighted by Gasteiger charge is 2.29. The van der Waals surface area contributed by atoms with E-state index in [0.29, 0.717) is 17.8 Å². The van der Waals surface area contributed by atoms with Gasteiger partial charge in [0.1, 0.15) is 0 Å². The number of aryl methyl sites for hydroxylation is 1. The fourth-order valence-electron chi connectivity index (χ4n) is 5.93. The number of hydrogen-bond acceptors (Lipinski definition) is 4. The number of aromatic nitrogens is 2. The highest BCUT2D eigenvalue weighted by Crippen LogP contribution is 2.36. The Bertz CT molecular complexity index is 1090. The molecule has 0 amide bonds. The lowest BCUT2D eigenvalue weighted by Gasteiger charge is -2.42. The molecule has 2 saturated heterocycles. The van der Waals surface area contributed by atoms with Crippen LogP contribution in [0.3, 0.4) is 0 Å². The van der Waals surface area contributed by atoms with Gasteiger partial charge in [0.2, 0.25) is 5.88 Å². The molecule has 0 bridgehead atoms. The van der Waals surface area contributed by atoms with Gasteiger partial charge in [-0.15, -0.1) is 0 Å². The van der Waals surface area contributed by atoms with Crippen LogP contribution < -0.4 is 4.74 Å². The number of methoxy groups -OCH3 is 1. The van der Waals surface area contributed by atoms with Crippen molar-refractivity contribution < 1.29 is 4.74 Å². The monoisotopic (exact) mass is 446 g/mol. The summed E-state index contributed by atoms with van der Waals surface area (Å²) in [6.07, 6.45) is 7.02. The highest BCUT2D eigenvalue weighted by atomic mass is 16.5. The van der Waals surface area contributed by atoms with Crippen LogP contribution >= 0.6 is 0 Å². The molecule has 5 rings (SSSR count). The maximum atomic E-state index is 5.33. The van der Waals surface area contributed by atoms with Crippen molar-refractivity contribution in [1.82, 2.24) is 19.8 Å². The molecule has 5 heteroatoms. The summed E-state index contributed by atoms with van der Waals surface area (Å²) in [4.78, 5) is 13.3. The summed E-state index contributed by atoms with van der Waals surface area (Å²) in [5.74, 6) is 1.31. The Morgan fingerprint density at radius 2 is 1.76 bits per heavy atom. The Morgan fingerprint density at radius 1 is 1.00 bits per heavy atom. The van der Waals surface area contributed by atoms with Gasteiger partial charge >= 0.3 is 0 Å². The third-order valence-electron chi connectivity index (χ3n) is 8.06. The first kappa shape index (κ1) is 22.4. The molecule has 3 aromatic rings. The van der Waals surface area contributed by atoms with Crippen molar-refractivity contribution >= 4 is 10.9 Å². The van der Waals surface area contributed by atoms with E-state index in [1.807, 2.05) is 18.3 Å². The molecule has 33 heavy (non-hydrogen) atoms. The van der Waals surface area contributed by atoms with Gasteiger partial charge in [-0.3, -0.25) is 0 Å². The number of likely N-dealkylation sites (tertiary alicyclic amines) is 2. The second-order valence-electron chi connectivity index (χ2n) is 10.2. The SMILES string of the molecule is COc1cc(-c2[nH]c3ccc(C4CCN(C5CCN(C(C)C)CC5)CC4)cc3c2C)ccn1. The number of nitrogens with zero attached hydrogens (tertiary/aromatic N) is 3. The van der Waals surface area contributed by atoms with Gasteiger partial charge in [0, 0.05) is 46.5 Å². The predicted molar refractivity (Wildman–Crippen MR) is 136 cm³/mol. The number of hydrogen-bond donors (Lipinski definition) is 1. The van der Waals surface area contributed by atoms with Crippen molar-refractivity contribution in [3.05, 3.63) is 47.7 Å². The van der Waals surface area contributed by atoms with Gasteiger partial charge in [-0.05, 0) is 108 Å². The molecule has 176 valence electrons. The van der Waals surface area contributed by atoms with Crippen LogP contribution in [0.25, 0.3) is 22.2 Å². The molecule has 5 nitrogen and oxygen atoms in total. The van der Waals surface area contributed by atoms with E-state index in [0.717, 1.165) is 17.3 Å². The lowest BCUT2D eigenvalue weighted by molar-refractivity contribution is 0.0753. The van der Waals surface area contributed by atoms with Crippen LogP contribution in [0.4, 0.5) is 0 Å². The number of aromatic amines is 1. The molecule has 0 unspecified atom stereocenters. The van der Waals surface area contributed by atoms with Gasteiger partial charge in [-0.2, -0.15) is 0 Å². The number of benzene rings is 1. The lowest BCUT2D eigenvalue weighted by atomic mass is 9.87. The molecule has 2 aliphatic heterocycles. The molecular formula is C28H38N4O. The number of fused-ring (bicyclic) bond motifs is 1. The number of rotatable bonds is 5. The van der Waals surface area contributed by atoms with Crippen LogP contribution in [0.5, 0.6) is 5.88 Å². The molecular weight excluding hydrogens is 408 g/mol. The van der Waals surface area contributed by atoms with Crippen LogP contribution in [-0.4, -0.2) is 65.1 Å². The molecule has 2 aliphatic rings. The van der Waals surface area contributed by atoms with Gasteiger partial charge < -0.3 is 19.5 Å². The van der Waals surface area contributed by atoms with E-state index in [2.05, 4.69) is 58.7 Å². The maximum absolute atomic E-state index is 5.33. The van der Waals surface area contributed by atoms with Crippen molar-refractivity contribution in [2.24, 2.45) is 0 Å².